The Morgan fingerprint density at radius 1 is 1.00 bits per heavy atom. The molecule has 3 rings (SSSR count). The lowest BCUT2D eigenvalue weighted by Gasteiger charge is -2.38. The molecule has 0 N–H and O–H groups in total. The molecule has 0 unspecified atom stereocenters. The first-order valence-electron chi connectivity index (χ1n) is 8.81. The molecule has 0 spiro atoms. The maximum absolute atomic E-state index is 12.5. The van der Waals surface area contributed by atoms with Crippen LogP contribution in [0.2, 0.25) is 5.02 Å². The van der Waals surface area contributed by atoms with Crippen LogP contribution in [-0.4, -0.2) is 79.8 Å². The Kier molecular flexibility index (Phi) is 6.35. The van der Waals surface area contributed by atoms with E-state index in [1.54, 1.807) is 0 Å². The monoisotopic (exact) mass is 351 g/mol. The lowest BCUT2D eigenvalue weighted by atomic mass is 10.1. The summed E-state index contributed by atoms with van der Waals surface area (Å²) in [7, 11) is 0. The van der Waals surface area contributed by atoms with Crippen molar-refractivity contribution >= 4 is 17.6 Å². The van der Waals surface area contributed by atoms with Crippen LogP contribution in [-0.2, 0) is 11.2 Å². The SMILES string of the molecule is O=C(N1CCOCC1)N1CCN(CCCc2ccccc2Cl)CC1. The first-order chi connectivity index (χ1) is 11.7. The number of aryl methyl sites for hydroxylation is 1. The molecule has 2 aliphatic heterocycles. The van der Waals surface area contributed by atoms with Gasteiger partial charge in [-0.2, -0.15) is 0 Å². The van der Waals surface area contributed by atoms with Crippen LogP contribution >= 0.6 is 11.6 Å². The van der Waals surface area contributed by atoms with E-state index in [2.05, 4.69) is 11.0 Å². The van der Waals surface area contributed by atoms with Crippen LogP contribution < -0.4 is 0 Å². The second-order valence-corrected chi connectivity index (χ2v) is 6.81. The van der Waals surface area contributed by atoms with Crippen molar-refractivity contribution in [2.75, 3.05) is 59.0 Å². The molecular formula is C18H26ClN3O2. The molecule has 2 aliphatic rings. The Hall–Kier alpha value is -1.30. The lowest BCUT2D eigenvalue weighted by Crippen LogP contribution is -2.54. The number of nitrogens with zero attached hydrogens (tertiary/aromatic N) is 3. The van der Waals surface area contributed by atoms with Crippen LogP contribution in [0.15, 0.2) is 24.3 Å². The van der Waals surface area contributed by atoms with Crippen molar-refractivity contribution in [3.8, 4) is 0 Å². The molecule has 132 valence electrons. The molecule has 0 atom stereocenters. The van der Waals surface area contributed by atoms with Crippen molar-refractivity contribution in [2.24, 2.45) is 0 Å². The van der Waals surface area contributed by atoms with Gasteiger partial charge in [0.15, 0.2) is 0 Å². The van der Waals surface area contributed by atoms with Gasteiger partial charge in [-0.1, -0.05) is 29.8 Å². The Bertz CT molecular complexity index is 541. The average molecular weight is 352 g/mol. The van der Waals surface area contributed by atoms with Gasteiger partial charge in [0.2, 0.25) is 0 Å². The number of carbonyl (C=O) groups is 1. The number of piperazine rings is 1. The first-order valence-corrected chi connectivity index (χ1v) is 9.19. The quantitative estimate of drug-likeness (QED) is 0.835. The molecule has 0 saturated carbocycles. The highest BCUT2D eigenvalue weighted by Crippen LogP contribution is 2.17. The van der Waals surface area contributed by atoms with Gasteiger partial charge in [0.25, 0.3) is 0 Å². The van der Waals surface area contributed by atoms with E-state index in [-0.39, 0.29) is 6.03 Å². The van der Waals surface area contributed by atoms with Gasteiger partial charge < -0.3 is 14.5 Å². The van der Waals surface area contributed by atoms with Crippen LogP contribution in [0.25, 0.3) is 0 Å². The van der Waals surface area contributed by atoms with Crippen molar-refractivity contribution in [1.29, 1.82) is 0 Å². The normalized spacial score (nSPS) is 19.5. The summed E-state index contributed by atoms with van der Waals surface area (Å²) in [5.74, 6) is 0. The zero-order valence-electron chi connectivity index (χ0n) is 14.1. The molecule has 6 heteroatoms. The summed E-state index contributed by atoms with van der Waals surface area (Å²) in [6.07, 6.45) is 2.10. The third-order valence-corrected chi connectivity index (χ3v) is 5.17. The minimum Gasteiger partial charge on any atom is -0.378 e. The van der Waals surface area contributed by atoms with Crippen molar-refractivity contribution in [3.05, 3.63) is 34.9 Å². The number of benzene rings is 1. The lowest BCUT2D eigenvalue weighted by molar-refractivity contribution is 0.0376. The molecule has 0 aliphatic carbocycles. The van der Waals surface area contributed by atoms with Gasteiger partial charge in [-0.05, 0) is 31.0 Å². The predicted octanol–water partition coefficient (Wildman–Crippen LogP) is 2.34. The number of ether oxygens (including phenoxy) is 1. The molecule has 0 aromatic heterocycles. The molecule has 2 amide bonds. The molecule has 0 radical (unpaired) electrons. The summed E-state index contributed by atoms with van der Waals surface area (Å²) >= 11 is 6.20. The van der Waals surface area contributed by atoms with Gasteiger partial charge >= 0.3 is 6.03 Å². The molecule has 5 nitrogen and oxygen atoms in total. The van der Waals surface area contributed by atoms with E-state index in [0.717, 1.165) is 63.7 Å². The largest absolute Gasteiger partial charge is 0.378 e. The topological polar surface area (TPSA) is 36.0 Å². The zero-order chi connectivity index (χ0) is 16.8. The van der Waals surface area contributed by atoms with Crippen LogP contribution in [0.3, 0.4) is 0 Å². The molecule has 2 saturated heterocycles. The van der Waals surface area contributed by atoms with Crippen molar-refractivity contribution in [1.82, 2.24) is 14.7 Å². The van der Waals surface area contributed by atoms with Crippen molar-refractivity contribution in [2.45, 2.75) is 12.8 Å². The smallest absolute Gasteiger partial charge is 0.320 e. The van der Waals surface area contributed by atoms with Crippen LogP contribution in [0.4, 0.5) is 4.79 Å². The summed E-state index contributed by atoms with van der Waals surface area (Å²) in [5.41, 5.74) is 1.22. The van der Waals surface area contributed by atoms with E-state index >= 15 is 0 Å². The van der Waals surface area contributed by atoms with E-state index in [4.69, 9.17) is 16.3 Å². The van der Waals surface area contributed by atoms with Crippen LogP contribution in [0.5, 0.6) is 0 Å². The Balaban J connectivity index is 1.37. The number of hydrogen-bond donors (Lipinski definition) is 0. The van der Waals surface area contributed by atoms with Crippen LogP contribution in [0.1, 0.15) is 12.0 Å². The number of carbonyl (C=O) groups excluding carboxylic acids is 1. The van der Waals surface area contributed by atoms with Crippen molar-refractivity contribution in [3.63, 3.8) is 0 Å². The molecule has 2 fully saturated rings. The fourth-order valence-electron chi connectivity index (χ4n) is 3.31. The van der Waals surface area contributed by atoms with E-state index in [0.29, 0.717) is 13.2 Å². The van der Waals surface area contributed by atoms with E-state index in [1.807, 2.05) is 28.0 Å². The Morgan fingerprint density at radius 2 is 1.67 bits per heavy atom. The highest BCUT2D eigenvalue weighted by molar-refractivity contribution is 6.31. The Labute approximate surface area is 149 Å². The molecule has 24 heavy (non-hydrogen) atoms. The second kappa shape index (κ2) is 8.70. The molecule has 1 aromatic rings. The number of morpholine rings is 1. The van der Waals surface area contributed by atoms with Gasteiger partial charge in [-0.15, -0.1) is 0 Å². The summed E-state index contributed by atoms with van der Waals surface area (Å²) in [4.78, 5) is 18.8. The standard InChI is InChI=1S/C18H26ClN3O2/c19-17-6-2-1-4-16(17)5-3-7-20-8-10-21(11-9-20)18(23)22-12-14-24-15-13-22/h1-2,4,6H,3,5,7-15H2. The maximum Gasteiger partial charge on any atom is 0.320 e. The Morgan fingerprint density at radius 3 is 2.38 bits per heavy atom. The number of hydrogen-bond acceptors (Lipinski definition) is 3. The number of halogens is 1. The summed E-state index contributed by atoms with van der Waals surface area (Å²) in [6, 6.07) is 8.23. The third kappa shape index (κ3) is 4.62. The molecule has 2 heterocycles. The number of amides is 2. The minimum absolute atomic E-state index is 0.175. The van der Waals surface area contributed by atoms with Gasteiger partial charge in [0.1, 0.15) is 0 Å². The minimum atomic E-state index is 0.175. The third-order valence-electron chi connectivity index (χ3n) is 4.80. The fourth-order valence-corrected chi connectivity index (χ4v) is 3.54. The maximum atomic E-state index is 12.5. The number of rotatable bonds is 4. The summed E-state index contributed by atoms with van der Waals surface area (Å²) < 4.78 is 5.31. The first kappa shape index (κ1) is 17.5. The highest BCUT2D eigenvalue weighted by atomic mass is 35.5. The number of urea groups is 1. The highest BCUT2D eigenvalue weighted by Gasteiger charge is 2.26. The van der Waals surface area contributed by atoms with Crippen LogP contribution in [0, 0.1) is 0 Å². The summed E-state index contributed by atoms with van der Waals surface area (Å²) in [5, 5.41) is 0.860. The van der Waals surface area contributed by atoms with Gasteiger partial charge in [0.05, 0.1) is 13.2 Å². The van der Waals surface area contributed by atoms with E-state index in [9.17, 15) is 4.79 Å². The average Bonchev–Trinajstić information content (AvgIpc) is 2.64. The predicted molar refractivity (Wildman–Crippen MR) is 95.6 cm³/mol. The van der Waals surface area contributed by atoms with Crippen molar-refractivity contribution < 1.29 is 9.53 Å². The molecule has 1 aromatic carbocycles. The molecular weight excluding hydrogens is 326 g/mol. The fraction of sp³-hybridized carbons (Fsp3) is 0.611. The van der Waals surface area contributed by atoms with E-state index < -0.39 is 0 Å². The van der Waals surface area contributed by atoms with Gasteiger partial charge in [-0.25, -0.2) is 4.79 Å². The van der Waals surface area contributed by atoms with Gasteiger partial charge in [0, 0.05) is 44.3 Å². The van der Waals surface area contributed by atoms with Gasteiger partial charge in [-0.3, -0.25) is 4.90 Å². The zero-order valence-corrected chi connectivity index (χ0v) is 14.9. The summed E-state index contributed by atoms with van der Waals surface area (Å²) in [6.45, 7) is 7.38. The molecule has 0 bridgehead atoms. The second-order valence-electron chi connectivity index (χ2n) is 6.41. The van der Waals surface area contributed by atoms with E-state index in [1.165, 1.54) is 5.56 Å².